The average molecular weight is 434 g/mol. The second kappa shape index (κ2) is 8.35. The van der Waals surface area contributed by atoms with E-state index in [1.165, 1.54) is 10.7 Å². The second-order valence-corrected chi connectivity index (χ2v) is 7.61. The Morgan fingerprint density at radius 1 is 1.17 bits per heavy atom. The first-order valence-corrected chi connectivity index (χ1v) is 9.85. The first-order valence-electron chi connectivity index (χ1n) is 9.47. The first kappa shape index (κ1) is 20.2. The lowest BCUT2D eigenvalue weighted by Crippen LogP contribution is -2.39. The van der Waals surface area contributed by atoms with Crippen LogP contribution in [0.5, 0.6) is 0 Å². The van der Waals surface area contributed by atoms with Gasteiger partial charge in [0.05, 0.1) is 16.9 Å². The van der Waals surface area contributed by atoms with E-state index in [9.17, 15) is 18.4 Å². The topological polar surface area (TPSA) is 88.4 Å². The number of hydrogen-bond acceptors (Lipinski definition) is 4. The summed E-state index contributed by atoms with van der Waals surface area (Å²) in [5.74, 6) is -2.72. The fourth-order valence-electron chi connectivity index (χ4n) is 3.64. The second-order valence-electron chi connectivity index (χ2n) is 7.20. The Balaban J connectivity index is 1.34. The van der Waals surface area contributed by atoms with Gasteiger partial charge < -0.3 is 10.6 Å². The molecule has 7 nitrogen and oxygen atoms in total. The SMILES string of the molecule is O=C(N[C@H]1CC[C@H](C(=O)Nc2c(F)cc(F)cc2Cl)CC1)c1cnn2cccnc12. The van der Waals surface area contributed by atoms with Crippen LogP contribution in [0.4, 0.5) is 14.5 Å². The molecule has 2 amide bonds. The quantitative estimate of drug-likeness (QED) is 0.658. The fourth-order valence-corrected chi connectivity index (χ4v) is 3.88. The fraction of sp³-hybridized carbons (Fsp3) is 0.300. The number of carbonyl (C=O) groups excluding carboxylic acids is 2. The van der Waals surface area contributed by atoms with Crippen molar-refractivity contribution in [3.63, 3.8) is 0 Å². The van der Waals surface area contributed by atoms with E-state index in [2.05, 4.69) is 20.7 Å². The van der Waals surface area contributed by atoms with Crippen LogP contribution in [0.25, 0.3) is 5.65 Å². The predicted octanol–water partition coefficient (Wildman–Crippen LogP) is 3.59. The predicted molar refractivity (Wildman–Crippen MR) is 106 cm³/mol. The Bertz CT molecular complexity index is 1090. The van der Waals surface area contributed by atoms with E-state index in [1.807, 2.05) is 0 Å². The van der Waals surface area contributed by atoms with Gasteiger partial charge in [0.2, 0.25) is 5.91 Å². The molecule has 0 saturated heterocycles. The highest BCUT2D eigenvalue weighted by atomic mass is 35.5. The molecule has 4 rings (SSSR count). The molecule has 10 heteroatoms. The number of anilines is 1. The van der Waals surface area contributed by atoms with Crippen LogP contribution in [-0.4, -0.2) is 32.5 Å². The molecule has 3 aromatic rings. The van der Waals surface area contributed by atoms with Gasteiger partial charge in [0.15, 0.2) is 11.5 Å². The molecule has 0 radical (unpaired) electrons. The zero-order valence-corrected chi connectivity index (χ0v) is 16.5. The molecular formula is C20H18ClF2N5O2. The highest BCUT2D eigenvalue weighted by molar-refractivity contribution is 6.33. The minimum atomic E-state index is -0.920. The van der Waals surface area contributed by atoms with Gasteiger partial charge in [-0.05, 0) is 37.8 Å². The van der Waals surface area contributed by atoms with E-state index in [4.69, 9.17) is 11.6 Å². The van der Waals surface area contributed by atoms with Crippen molar-refractivity contribution in [1.82, 2.24) is 19.9 Å². The van der Waals surface area contributed by atoms with Gasteiger partial charge >= 0.3 is 0 Å². The van der Waals surface area contributed by atoms with E-state index in [0.717, 1.165) is 6.07 Å². The summed E-state index contributed by atoms with van der Waals surface area (Å²) in [5, 5.41) is 9.33. The molecule has 0 unspecified atom stereocenters. The molecule has 0 aliphatic heterocycles. The first-order chi connectivity index (χ1) is 14.4. The van der Waals surface area contributed by atoms with Gasteiger partial charge in [-0.2, -0.15) is 5.10 Å². The van der Waals surface area contributed by atoms with Gasteiger partial charge in [0, 0.05) is 30.4 Å². The molecule has 0 bridgehead atoms. The number of nitrogens with zero attached hydrogens (tertiary/aromatic N) is 3. The van der Waals surface area contributed by atoms with Crippen molar-refractivity contribution in [1.29, 1.82) is 0 Å². The molecule has 2 N–H and O–H groups in total. The summed E-state index contributed by atoms with van der Waals surface area (Å²) in [6.45, 7) is 0. The van der Waals surface area contributed by atoms with Crippen LogP contribution in [0.15, 0.2) is 36.8 Å². The third-order valence-electron chi connectivity index (χ3n) is 5.21. The Hall–Kier alpha value is -3.07. The van der Waals surface area contributed by atoms with Crippen LogP contribution >= 0.6 is 11.6 Å². The molecule has 1 aliphatic carbocycles. The molecular weight excluding hydrogens is 416 g/mol. The molecule has 2 aromatic heterocycles. The summed E-state index contributed by atoms with van der Waals surface area (Å²) in [4.78, 5) is 29.2. The normalized spacial score (nSPS) is 18.9. The van der Waals surface area contributed by atoms with Crippen LogP contribution in [0, 0.1) is 17.6 Å². The molecule has 2 heterocycles. The Kier molecular flexibility index (Phi) is 5.63. The van der Waals surface area contributed by atoms with Crippen LogP contribution < -0.4 is 10.6 Å². The number of amides is 2. The summed E-state index contributed by atoms with van der Waals surface area (Å²) in [7, 11) is 0. The molecule has 156 valence electrons. The van der Waals surface area contributed by atoms with Crippen LogP contribution in [0.2, 0.25) is 5.02 Å². The molecule has 0 atom stereocenters. The highest BCUT2D eigenvalue weighted by Gasteiger charge is 2.29. The van der Waals surface area contributed by atoms with Gasteiger partial charge in [-0.25, -0.2) is 18.3 Å². The van der Waals surface area contributed by atoms with Crippen molar-refractivity contribution in [3.8, 4) is 0 Å². The van der Waals surface area contributed by atoms with E-state index in [-0.39, 0.29) is 34.5 Å². The number of benzene rings is 1. The van der Waals surface area contributed by atoms with Crippen molar-refractivity contribution in [2.45, 2.75) is 31.7 Å². The Morgan fingerprint density at radius 3 is 2.67 bits per heavy atom. The van der Waals surface area contributed by atoms with E-state index >= 15 is 0 Å². The van der Waals surface area contributed by atoms with Crippen molar-refractivity contribution in [3.05, 3.63) is 59.0 Å². The van der Waals surface area contributed by atoms with Crippen molar-refractivity contribution in [2.75, 3.05) is 5.32 Å². The minimum absolute atomic E-state index is 0.0913. The number of nitrogens with one attached hydrogen (secondary N) is 2. The summed E-state index contributed by atoms with van der Waals surface area (Å²) in [6, 6.07) is 3.25. The number of fused-ring (bicyclic) bond motifs is 1. The lowest BCUT2D eigenvalue weighted by Gasteiger charge is -2.28. The summed E-state index contributed by atoms with van der Waals surface area (Å²) < 4.78 is 28.6. The minimum Gasteiger partial charge on any atom is -0.349 e. The van der Waals surface area contributed by atoms with Gasteiger partial charge in [-0.3, -0.25) is 9.59 Å². The van der Waals surface area contributed by atoms with Crippen molar-refractivity contribution < 1.29 is 18.4 Å². The summed E-state index contributed by atoms with van der Waals surface area (Å²) >= 11 is 5.83. The lowest BCUT2D eigenvalue weighted by atomic mass is 9.85. The molecule has 0 spiro atoms. The molecule has 1 saturated carbocycles. The zero-order valence-electron chi connectivity index (χ0n) is 15.7. The smallest absolute Gasteiger partial charge is 0.256 e. The van der Waals surface area contributed by atoms with Crippen LogP contribution in [0.3, 0.4) is 0 Å². The molecule has 1 aliphatic rings. The summed E-state index contributed by atoms with van der Waals surface area (Å²) in [5.41, 5.74) is 0.636. The maximum Gasteiger partial charge on any atom is 0.256 e. The van der Waals surface area contributed by atoms with Gasteiger partial charge in [0.1, 0.15) is 11.4 Å². The van der Waals surface area contributed by atoms with Gasteiger partial charge in [0.25, 0.3) is 5.91 Å². The summed E-state index contributed by atoms with van der Waals surface area (Å²) in [6.07, 6.45) is 6.99. The third-order valence-corrected chi connectivity index (χ3v) is 5.51. The van der Waals surface area contributed by atoms with E-state index in [1.54, 1.807) is 18.5 Å². The maximum atomic E-state index is 13.9. The monoisotopic (exact) mass is 433 g/mol. The van der Waals surface area contributed by atoms with Crippen molar-refractivity contribution >= 4 is 34.7 Å². The van der Waals surface area contributed by atoms with E-state index < -0.39 is 11.6 Å². The van der Waals surface area contributed by atoms with Gasteiger partial charge in [-0.15, -0.1) is 0 Å². The maximum absolute atomic E-state index is 13.9. The zero-order chi connectivity index (χ0) is 21.3. The standard InChI is InChI=1S/C20H18ClF2N5O2/c21-15-8-12(22)9-16(23)17(15)27-19(29)11-2-4-13(5-3-11)26-20(30)14-10-25-28-7-1-6-24-18(14)28/h1,6-11,13H,2-5H2,(H,26,30)(H,27,29)/t11-,13-. The van der Waals surface area contributed by atoms with Gasteiger partial charge in [-0.1, -0.05) is 11.6 Å². The number of hydrogen-bond donors (Lipinski definition) is 2. The number of halogens is 3. The van der Waals surface area contributed by atoms with Crippen LogP contribution in [-0.2, 0) is 4.79 Å². The largest absolute Gasteiger partial charge is 0.349 e. The number of carbonyl (C=O) groups is 2. The highest BCUT2D eigenvalue weighted by Crippen LogP contribution is 2.30. The Labute approximate surface area is 175 Å². The average Bonchev–Trinajstić information content (AvgIpc) is 3.15. The van der Waals surface area contributed by atoms with Crippen LogP contribution in [0.1, 0.15) is 36.0 Å². The molecule has 1 fully saturated rings. The lowest BCUT2D eigenvalue weighted by molar-refractivity contribution is -0.120. The number of rotatable bonds is 4. The molecule has 30 heavy (non-hydrogen) atoms. The van der Waals surface area contributed by atoms with Crippen molar-refractivity contribution in [2.24, 2.45) is 5.92 Å². The third kappa shape index (κ3) is 4.11. The van der Waals surface area contributed by atoms with E-state index in [0.29, 0.717) is 43.0 Å². The molecule has 1 aromatic carbocycles. The Morgan fingerprint density at radius 2 is 1.93 bits per heavy atom. The number of aromatic nitrogens is 3.